The molecule has 0 radical (unpaired) electrons. The van der Waals surface area contributed by atoms with E-state index in [-0.39, 0.29) is 6.61 Å². The van der Waals surface area contributed by atoms with Gasteiger partial charge >= 0.3 is 6.09 Å². The Morgan fingerprint density at radius 2 is 1.91 bits per heavy atom. The van der Waals surface area contributed by atoms with Crippen molar-refractivity contribution in [2.75, 3.05) is 7.05 Å². The summed E-state index contributed by atoms with van der Waals surface area (Å²) in [5, 5.41) is 11.5. The van der Waals surface area contributed by atoms with Crippen LogP contribution < -0.4 is 5.32 Å². The number of alkyl carbamates (subject to hydrolysis) is 1. The van der Waals surface area contributed by atoms with Gasteiger partial charge in [0, 0.05) is 15.1 Å². The molecule has 2 amide bonds. The van der Waals surface area contributed by atoms with E-state index in [0.717, 1.165) is 10.5 Å². The number of amides is 2. The van der Waals surface area contributed by atoms with Crippen LogP contribution in [0, 0.1) is 11.5 Å². The number of nitriles is 1. The van der Waals surface area contributed by atoms with Gasteiger partial charge in [0.2, 0.25) is 0 Å². The Morgan fingerprint density at radius 1 is 1.30 bits per heavy atom. The van der Waals surface area contributed by atoms with Crippen molar-refractivity contribution in [1.82, 2.24) is 10.2 Å². The summed E-state index contributed by atoms with van der Waals surface area (Å²) in [4.78, 5) is 25.1. The molecule has 0 aromatic heterocycles. The number of carbonyl (C=O) groups excluding carboxylic acids is 2. The van der Waals surface area contributed by atoms with E-state index >= 15 is 0 Å². The molecule has 0 heterocycles. The Morgan fingerprint density at radius 3 is 2.43 bits per heavy atom. The molecule has 0 saturated carbocycles. The van der Waals surface area contributed by atoms with Gasteiger partial charge in [0.25, 0.3) is 5.91 Å². The number of nitrogens with zero attached hydrogens (tertiary/aromatic N) is 2. The third kappa shape index (κ3) is 6.97. The first kappa shape index (κ1) is 18.7. The van der Waals surface area contributed by atoms with Gasteiger partial charge in [0.1, 0.15) is 12.6 Å². The highest BCUT2D eigenvalue weighted by Crippen LogP contribution is 2.13. The summed E-state index contributed by atoms with van der Waals surface area (Å²) in [6.07, 6.45) is 1.11. The quantitative estimate of drug-likeness (QED) is 0.493. The number of carbonyl (C=O) groups is 2. The lowest BCUT2D eigenvalue weighted by molar-refractivity contribution is -0.128. The first-order valence-corrected chi connectivity index (χ1v) is 11.1. The lowest BCUT2D eigenvalue weighted by Crippen LogP contribution is -2.49. The summed E-state index contributed by atoms with van der Waals surface area (Å²) in [6, 6.07) is 9.09. The number of rotatable bonds is 6. The van der Waals surface area contributed by atoms with Crippen molar-refractivity contribution in [2.45, 2.75) is 38.3 Å². The standard InChI is InChI=1S/C16H23N3O3Si/c1-19(12-17)15(20)14(11-23(2,3)4)18-16(21)22-10-13-8-6-5-7-9-13/h5-9,14H,10-11H2,1-4H3,(H,18,21). The molecular weight excluding hydrogens is 310 g/mol. The molecule has 6 nitrogen and oxygen atoms in total. The number of likely N-dealkylation sites (N-methyl/N-ethyl adjacent to an activating group) is 1. The lowest BCUT2D eigenvalue weighted by atomic mass is 10.2. The van der Waals surface area contributed by atoms with E-state index < -0.39 is 26.1 Å². The Labute approximate surface area is 138 Å². The molecule has 0 spiro atoms. The summed E-state index contributed by atoms with van der Waals surface area (Å²) < 4.78 is 5.15. The van der Waals surface area contributed by atoms with Crippen LogP contribution in [0.4, 0.5) is 4.79 Å². The number of benzene rings is 1. The molecule has 1 atom stereocenters. The number of ether oxygens (including phenoxy) is 1. The number of nitrogens with one attached hydrogen (secondary N) is 1. The van der Waals surface area contributed by atoms with Crippen LogP contribution in [0.1, 0.15) is 5.56 Å². The van der Waals surface area contributed by atoms with E-state index in [1.54, 1.807) is 6.19 Å². The van der Waals surface area contributed by atoms with Gasteiger partial charge in [-0.2, -0.15) is 5.26 Å². The van der Waals surface area contributed by atoms with Crippen LogP contribution in [0.3, 0.4) is 0 Å². The Bertz CT molecular complexity index is 578. The second-order valence-corrected chi connectivity index (χ2v) is 12.1. The van der Waals surface area contributed by atoms with E-state index in [1.807, 2.05) is 30.3 Å². The molecule has 0 aliphatic heterocycles. The first-order chi connectivity index (χ1) is 10.7. The van der Waals surface area contributed by atoms with E-state index in [1.165, 1.54) is 7.05 Å². The van der Waals surface area contributed by atoms with Gasteiger partial charge in [0.15, 0.2) is 6.19 Å². The van der Waals surface area contributed by atoms with Gasteiger partial charge in [-0.1, -0.05) is 50.0 Å². The SMILES string of the molecule is CN(C#N)C(=O)C(C[Si](C)(C)C)NC(=O)OCc1ccccc1. The predicted molar refractivity (Wildman–Crippen MR) is 90.1 cm³/mol. The third-order valence-corrected chi connectivity index (χ3v) is 4.73. The van der Waals surface area contributed by atoms with Crippen LogP contribution in [-0.2, 0) is 16.1 Å². The normalized spacial score (nSPS) is 12.0. The fourth-order valence-electron chi connectivity index (χ4n) is 2.00. The minimum Gasteiger partial charge on any atom is -0.445 e. The van der Waals surface area contributed by atoms with Crippen molar-refractivity contribution in [3.8, 4) is 6.19 Å². The minimum atomic E-state index is -1.62. The van der Waals surface area contributed by atoms with Gasteiger partial charge in [-0.15, -0.1) is 0 Å². The van der Waals surface area contributed by atoms with Crippen LogP contribution in [0.5, 0.6) is 0 Å². The first-order valence-electron chi connectivity index (χ1n) is 7.37. The highest BCUT2D eigenvalue weighted by molar-refractivity contribution is 6.76. The van der Waals surface area contributed by atoms with E-state index in [0.29, 0.717) is 6.04 Å². The summed E-state index contributed by atoms with van der Waals surface area (Å²) in [5.41, 5.74) is 0.866. The fraction of sp³-hybridized carbons (Fsp3) is 0.438. The molecule has 1 aromatic rings. The van der Waals surface area contributed by atoms with Crippen molar-refractivity contribution in [2.24, 2.45) is 0 Å². The van der Waals surface area contributed by atoms with Crippen LogP contribution >= 0.6 is 0 Å². The smallest absolute Gasteiger partial charge is 0.408 e. The Hall–Kier alpha value is -2.33. The van der Waals surface area contributed by atoms with Crippen LogP contribution in [0.2, 0.25) is 25.7 Å². The predicted octanol–water partition coefficient (Wildman–Crippen LogP) is 2.56. The van der Waals surface area contributed by atoms with Gasteiger partial charge in [-0.25, -0.2) is 4.79 Å². The lowest BCUT2D eigenvalue weighted by Gasteiger charge is -2.25. The molecule has 0 fully saturated rings. The zero-order chi connectivity index (χ0) is 17.5. The number of hydrogen-bond donors (Lipinski definition) is 1. The van der Waals surface area contributed by atoms with Gasteiger partial charge in [0.05, 0.1) is 0 Å². The van der Waals surface area contributed by atoms with Crippen molar-refractivity contribution in [1.29, 1.82) is 5.26 Å². The molecule has 0 aliphatic carbocycles. The summed E-state index contributed by atoms with van der Waals surface area (Å²) in [6.45, 7) is 6.42. The average Bonchev–Trinajstić information content (AvgIpc) is 2.50. The zero-order valence-electron chi connectivity index (χ0n) is 14.0. The summed E-state index contributed by atoms with van der Waals surface area (Å²) in [5.74, 6) is -0.424. The van der Waals surface area contributed by atoms with E-state index in [2.05, 4.69) is 25.0 Å². The summed E-state index contributed by atoms with van der Waals surface area (Å²) in [7, 11) is -0.237. The second-order valence-electron chi connectivity index (χ2n) is 6.52. The largest absolute Gasteiger partial charge is 0.445 e. The molecular formula is C16H23N3O3Si. The Kier molecular flexibility index (Phi) is 6.79. The minimum absolute atomic E-state index is 0.134. The van der Waals surface area contributed by atoms with Crippen molar-refractivity contribution < 1.29 is 14.3 Å². The maximum atomic E-state index is 12.2. The van der Waals surface area contributed by atoms with Gasteiger partial charge < -0.3 is 10.1 Å². The van der Waals surface area contributed by atoms with Crippen LogP contribution in [0.25, 0.3) is 0 Å². The third-order valence-electron chi connectivity index (χ3n) is 3.10. The van der Waals surface area contributed by atoms with Gasteiger partial charge in [-0.05, 0) is 11.6 Å². The highest BCUT2D eigenvalue weighted by Gasteiger charge is 2.30. The van der Waals surface area contributed by atoms with E-state index in [4.69, 9.17) is 10.00 Å². The highest BCUT2D eigenvalue weighted by atomic mass is 28.3. The van der Waals surface area contributed by atoms with Crippen LogP contribution in [-0.4, -0.2) is 38.1 Å². The zero-order valence-corrected chi connectivity index (χ0v) is 15.0. The van der Waals surface area contributed by atoms with Crippen molar-refractivity contribution in [3.05, 3.63) is 35.9 Å². The van der Waals surface area contributed by atoms with E-state index in [9.17, 15) is 9.59 Å². The maximum Gasteiger partial charge on any atom is 0.408 e. The maximum absolute atomic E-state index is 12.2. The Balaban J connectivity index is 2.66. The second kappa shape index (κ2) is 8.34. The molecule has 1 aromatic carbocycles. The molecule has 23 heavy (non-hydrogen) atoms. The van der Waals surface area contributed by atoms with Crippen molar-refractivity contribution >= 4 is 20.1 Å². The molecule has 1 N–H and O–H groups in total. The molecule has 0 saturated heterocycles. The summed E-state index contributed by atoms with van der Waals surface area (Å²) >= 11 is 0. The topological polar surface area (TPSA) is 82.4 Å². The van der Waals surface area contributed by atoms with Crippen molar-refractivity contribution in [3.63, 3.8) is 0 Å². The fourth-order valence-corrected chi connectivity index (χ4v) is 3.50. The molecule has 0 bridgehead atoms. The van der Waals surface area contributed by atoms with Gasteiger partial charge in [-0.3, -0.25) is 9.69 Å². The average molecular weight is 333 g/mol. The number of hydrogen-bond acceptors (Lipinski definition) is 4. The monoisotopic (exact) mass is 333 g/mol. The molecule has 124 valence electrons. The molecule has 1 unspecified atom stereocenters. The van der Waals surface area contributed by atoms with Crippen LogP contribution in [0.15, 0.2) is 30.3 Å². The molecule has 1 rings (SSSR count). The molecule has 0 aliphatic rings. The molecule has 7 heteroatoms.